The molecule has 0 fully saturated rings. The fourth-order valence-electron chi connectivity index (χ4n) is 2.93. The maximum atomic E-state index is 12.2. The van der Waals surface area contributed by atoms with E-state index < -0.39 is 5.97 Å². The lowest BCUT2D eigenvalue weighted by molar-refractivity contribution is -0.897. The molecule has 3 aromatic rings. The molecule has 26 heavy (non-hydrogen) atoms. The van der Waals surface area contributed by atoms with E-state index in [1.54, 1.807) is 13.0 Å². The molecule has 0 saturated heterocycles. The monoisotopic (exact) mass is 348 g/mol. The van der Waals surface area contributed by atoms with Crippen molar-refractivity contribution >= 4 is 5.97 Å². The lowest BCUT2D eigenvalue weighted by atomic mass is 9.97. The Kier molecular flexibility index (Phi) is 5.32. The van der Waals surface area contributed by atoms with Crippen LogP contribution in [0.3, 0.4) is 0 Å². The minimum Gasteiger partial charge on any atom is -0.458 e. The van der Waals surface area contributed by atoms with E-state index in [0.717, 1.165) is 27.8 Å². The first-order valence-electron chi connectivity index (χ1n) is 8.75. The van der Waals surface area contributed by atoms with Crippen molar-refractivity contribution in [3.63, 3.8) is 0 Å². The van der Waals surface area contributed by atoms with E-state index in [1.807, 2.05) is 48.5 Å². The summed E-state index contributed by atoms with van der Waals surface area (Å²) >= 11 is 0. The summed E-state index contributed by atoms with van der Waals surface area (Å²) < 4.78 is 5.98. The molecule has 0 radical (unpaired) electrons. The highest BCUT2D eigenvalue weighted by molar-refractivity contribution is 5.88. The van der Waals surface area contributed by atoms with Gasteiger partial charge in [0, 0.05) is 10.8 Å². The number of esters is 1. The van der Waals surface area contributed by atoms with Crippen LogP contribution in [-0.2, 0) is 11.2 Å². The molecule has 4 nitrogen and oxygen atoms in total. The highest BCUT2D eigenvalue weighted by Crippen LogP contribution is 2.30. The number of pyridine rings is 1. The molecule has 0 atom stereocenters. The topological polar surface area (TPSA) is 50.4 Å². The molecule has 1 N–H and O–H groups in total. The number of aromatic nitrogens is 1. The van der Waals surface area contributed by atoms with Gasteiger partial charge in [-0.05, 0) is 42.7 Å². The molecule has 132 valence electrons. The highest BCUT2D eigenvalue weighted by atomic mass is 16.5. The molecule has 3 rings (SSSR count). The van der Waals surface area contributed by atoms with Crippen molar-refractivity contribution in [3.8, 4) is 22.4 Å². The number of carbonyl (C=O) groups excluding carboxylic acids is 1. The third-order valence-electron chi connectivity index (χ3n) is 4.31. The predicted molar refractivity (Wildman–Crippen MR) is 100 cm³/mol. The van der Waals surface area contributed by atoms with Gasteiger partial charge in [0.25, 0.3) is 5.69 Å². The SMILES string of the molecule is CCOC(=O)c1ccc(-c2ccc(CC)cc2)c(-c2ccccc2)[n+]1O. The van der Waals surface area contributed by atoms with Crippen molar-refractivity contribution < 1.29 is 19.5 Å². The van der Waals surface area contributed by atoms with Crippen molar-refractivity contribution in [2.75, 3.05) is 6.61 Å². The first kappa shape index (κ1) is 17.7. The molecule has 0 saturated carbocycles. The van der Waals surface area contributed by atoms with Crippen molar-refractivity contribution in [1.82, 2.24) is 0 Å². The maximum absolute atomic E-state index is 12.2. The molecule has 0 aliphatic rings. The van der Waals surface area contributed by atoms with Gasteiger partial charge in [0.1, 0.15) is 0 Å². The van der Waals surface area contributed by atoms with E-state index in [2.05, 4.69) is 19.1 Å². The Bertz CT molecular complexity index is 903. The van der Waals surface area contributed by atoms with Crippen LogP contribution in [0.4, 0.5) is 0 Å². The summed E-state index contributed by atoms with van der Waals surface area (Å²) in [6.07, 6.45) is 0.966. The molecular formula is C22H22NO3+. The molecule has 0 aliphatic heterocycles. The van der Waals surface area contributed by atoms with Crippen LogP contribution in [0.1, 0.15) is 29.9 Å². The number of benzene rings is 2. The molecular weight excluding hydrogens is 326 g/mol. The summed E-state index contributed by atoms with van der Waals surface area (Å²) in [7, 11) is 0. The normalized spacial score (nSPS) is 10.5. The highest BCUT2D eigenvalue weighted by Gasteiger charge is 2.29. The number of hydrogen-bond donors (Lipinski definition) is 1. The number of carbonyl (C=O) groups is 1. The molecule has 1 aromatic heterocycles. The van der Waals surface area contributed by atoms with Crippen molar-refractivity contribution in [2.24, 2.45) is 0 Å². The number of hydrogen-bond acceptors (Lipinski definition) is 3. The Balaban J connectivity index is 2.20. The van der Waals surface area contributed by atoms with Crippen LogP contribution in [0.5, 0.6) is 0 Å². The summed E-state index contributed by atoms with van der Waals surface area (Å²) in [5.74, 6) is -0.555. The van der Waals surface area contributed by atoms with E-state index in [1.165, 1.54) is 5.56 Å². The zero-order valence-corrected chi connectivity index (χ0v) is 15.0. The van der Waals surface area contributed by atoms with Gasteiger partial charge in [-0.25, -0.2) is 4.79 Å². The first-order chi connectivity index (χ1) is 12.7. The Morgan fingerprint density at radius 2 is 1.62 bits per heavy atom. The van der Waals surface area contributed by atoms with E-state index in [0.29, 0.717) is 5.69 Å². The lowest BCUT2D eigenvalue weighted by Gasteiger charge is -2.09. The van der Waals surface area contributed by atoms with Gasteiger partial charge in [0.2, 0.25) is 0 Å². The van der Waals surface area contributed by atoms with Crippen LogP contribution in [0.2, 0.25) is 0 Å². The molecule has 0 unspecified atom stereocenters. The number of aryl methyl sites for hydroxylation is 1. The summed E-state index contributed by atoms with van der Waals surface area (Å²) in [6.45, 7) is 4.10. The van der Waals surface area contributed by atoms with Gasteiger partial charge >= 0.3 is 11.7 Å². The molecule has 1 heterocycles. The van der Waals surface area contributed by atoms with Crippen molar-refractivity contribution in [1.29, 1.82) is 0 Å². The van der Waals surface area contributed by atoms with E-state index in [9.17, 15) is 10.0 Å². The second kappa shape index (κ2) is 7.83. The van der Waals surface area contributed by atoms with E-state index >= 15 is 0 Å². The standard InChI is InChI=1S/C22H22NO3/c1-3-16-10-12-17(13-11-16)19-14-15-20(22(24)26-4-2)23(25)21(19)18-8-6-5-7-9-18/h5-15,25H,3-4H2,1-2H3/q+1. The Morgan fingerprint density at radius 1 is 0.923 bits per heavy atom. The van der Waals surface area contributed by atoms with E-state index in [4.69, 9.17) is 4.74 Å². The average molecular weight is 348 g/mol. The minimum absolute atomic E-state index is 0.0969. The number of nitrogens with zero attached hydrogens (tertiary/aromatic N) is 1. The molecule has 0 aliphatic carbocycles. The molecule has 2 aromatic carbocycles. The molecule has 0 bridgehead atoms. The average Bonchev–Trinajstić information content (AvgIpc) is 2.68. The van der Waals surface area contributed by atoms with Gasteiger partial charge < -0.3 is 4.74 Å². The summed E-state index contributed by atoms with van der Waals surface area (Å²) in [5, 5.41) is 10.8. The van der Waals surface area contributed by atoms with Crippen LogP contribution >= 0.6 is 0 Å². The van der Waals surface area contributed by atoms with Gasteiger partial charge in [0.15, 0.2) is 0 Å². The van der Waals surface area contributed by atoms with E-state index in [-0.39, 0.29) is 12.3 Å². The smallest absolute Gasteiger partial charge is 0.408 e. The summed E-state index contributed by atoms with van der Waals surface area (Å²) in [4.78, 5) is 12.2. The quantitative estimate of drug-likeness (QED) is 0.425. The molecule has 4 heteroatoms. The second-order valence-corrected chi connectivity index (χ2v) is 5.93. The van der Waals surface area contributed by atoms with Gasteiger partial charge in [-0.2, -0.15) is 0 Å². The van der Waals surface area contributed by atoms with Gasteiger partial charge in [-0.15, -0.1) is 0 Å². The van der Waals surface area contributed by atoms with Gasteiger partial charge in [-0.1, -0.05) is 49.4 Å². The Labute approximate surface area is 153 Å². The minimum atomic E-state index is -0.555. The zero-order valence-electron chi connectivity index (χ0n) is 15.0. The van der Waals surface area contributed by atoms with Crippen molar-refractivity contribution in [2.45, 2.75) is 20.3 Å². The number of ether oxygens (including phenoxy) is 1. The van der Waals surface area contributed by atoms with Gasteiger partial charge in [0.05, 0.1) is 17.7 Å². The number of rotatable bonds is 5. The van der Waals surface area contributed by atoms with Crippen LogP contribution in [-0.4, -0.2) is 17.8 Å². The fraction of sp³-hybridized carbons (Fsp3) is 0.182. The third kappa shape index (κ3) is 3.45. The van der Waals surface area contributed by atoms with Gasteiger partial charge in [-0.3, -0.25) is 5.21 Å². The fourth-order valence-corrected chi connectivity index (χ4v) is 2.93. The summed E-state index contributed by atoms with van der Waals surface area (Å²) in [5.41, 5.74) is 4.53. The lowest BCUT2D eigenvalue weighted by Crippen LogP contribution is -2.41. The Morgan fingerprint density at radius 3 is 2.23 bits per heavy atom. The predicted octanol–water partition coefficient (Wildman–Crippen LogP) is 4.28. The van der Waals surface area contributed by atoms with Crippen LogP contribution in [0, 0.1) is 0 Å². The largest absolute Gasteiger partial charge is 0.458 e. The van der Waals surface area contributed by atoms with Crippen molar-refractivity contribution in [3.05, 3.63) is 78.0 Å². The molecule has 0 spiro atoms. The first-order valence-corrected chi connectivity index (χ1v) is 8.75. The van der Waals surface area contributed by atoms with Crippen LogP contribution in [0.25, 0.3) is 22.4 Å². The maximum Gasteiger partial charge on any atom is 0.408 e. The third-order valence-corrected chi connectivity index (χ3v) is 4.31. The Hall–Kier alpha value is -3.14. The molecule has 0 amide bonds. The van der Waals surface area contributed by atoms with Crippen LogP contribution in [0.15, 0.2) is 66.7 Å². The summed E-state index contributed by atoms with van der Waals surface area (Å²) in [6, 6.07) is 21.2. The zero-order chi connectivity index (χ0) is 18.5. The van der Waals surface area contributed by atoms with Crippen LogP contribution < -0.4 is 4.73 Å². The second-order valence-electron chi connectivity index (χ2n) is 5.93.